The molecular weight excluding hydrogens is 376 g/mol. The maximum Gasteiger partial charge on any atom is 0.223 e. The molecule has 4 heterocycles. The Morgan fingerprint density at radius 2 is 1.93 bits per heavy atom. The first-order valence-corrected chi connectivity index (χ1v) is 11.9. The van der Waals surface area contributed by atoms with Gasteiger partial charge in [0, 0.05) is 43.7 Å². The number of carbonyl (C=O) groups is 2. The lowest BCUT2D eigenvalue weighted by Gasteiger charge is -2.56. The zero-order valence-corrected chi connectivity index (χ0v) is 18.1. The second-order valence-electron chi connectivity index (χ2n) is 9.85. The number of amides is 2. The van der Waals surface area contributed by atoms with Crippen molar-refractivity contribution in [1.29, 1.82) is 0 Å². The fourth-order valence-electron chi connectivity index (χ4n) is 6.47. The topological polar surface area (TPSA) is 65.5 Å². The number of fused-ring (bicyclic) bond motifs is 4. The van der Waals surface area contributed by atoms with Crippen LogP contribution in [0.5, 0.6) is 0 Å². The number of hydrogen-bond donors (Lipinski definition) is 1. The molecule has 6 nitrogen and oxygen atoms in total. The van der Waals surface area contributed by atoms with Crippen molar-refractivity contribution in [3.8, 4) is 0 Å². The molecule has 0 spiro atoms. The number of aromatic nitrogens is 1. The summed E-state index contributed by atoms with van der Waals surface area (Å²) in [6.07, 6.45) is 8.25. The predicted octanol–water partition coefficient (Wildman–Crippen LogP) is 2.90. The zero-order chi connectivity index (χ0) is 20.7. The molecular formula is C24H34N4O2. The molecule has 3 saturated heterocycles. The third-order valence-corrected chi connectivity index (χ3v) is 7.91. The summed E-state index contributed by atoms with van der Waals surface area (Å²) < 4.78 is 0. The Bertz CT molecular complexity index is 806. The Kier molecular flexibility index (Phi) is 5.42. The molecule has 2 bridgehead atoms. The van der Waals surface area contributed by atoms with Crippen LogP contribution >= 0.6 is 0 Å². The van der Waals surface area contributed by atoms with Crippen LogP contribution in [0.3, 0.4) is 0 Å². The molecule has 0 radical (unpaired) electrons. The molecule has 3 aliphatic heterocycles. The smallest absolute Gasteiger partial charge is 0.223 e. The molecule has 4 fully saturated rings. The highest BCUT2D eigenvalue weighted by Crippen LogP contribution is 2.42. The van der Waals surface area contributed by atoms with Gasteiger partial charge in [-0.1, -0.05) is 18.9 Å². The molecule has 1 aromatic heterocycles. The average molecular weight is 411 g/mol. The van der Waals surface area contributed by atoms with E-state index in [9.17, 15) is 9.59 Å². The summed E-state index contributed by atoms with van der Waals surface area (Å²) in [6, 6.07) is 6.64. The number of nitrogens with one attached hydrogen (secondary N) is 1. The van der Waals surface area contributed by atoms with Gasteiger partial charge in [0.15, 0.2) is 0 Å². The molecule has 6 heteroatoms. The van der Waals surface area contributed by atoms with Gasteiger partial charge in [-0.05, 0) is 63.0 Å². The molecule has 1 N–H and O–H groups in total. The lowest BCUT2D eigenvalue weighted by Crippen LogP contribution is -2.67. The molecule has 4 atom stereocenters. The highest BCUT2D eigenvalue weighted by Gasteiger charge is 2.49. The predicted molar refractivity (Wildman–Crippen MR) is 116 cm³/mol. The van der Waals surface area contributed by atoms with Crippen LogP contribution in [0, 0.1) is 24.7 Å². The van der Waals surface area contributed by atoms with Crippen LogP contribution in [0.15, 0.2) is 18.2 Å². The van der Waals surface area contributed by atoms with Gasteiger partial charge in [0.2, 0.25) is 11.8 Å². The standard InChI is InChI=1S/C24H34N4O2/c1-16-6-4-10-22(26-16)27-14-18-12-19(15-27)21(28-20(18)9-5-11-23(28)29)13-25-24(30)17-7-2-3-8-17/h4,6,10,17-21H,2-3,5,7-9,11-15H2,1H3,(H,25,30)/t18-,19+,20+,21+/m1/s1. The summed E-state index contributed by atoms with van der Waals surface area (Å²) >= 11 is 0. The highest BCUT2D eigenvalue weighted by molar-refractivity contribution is 5.80. The first-order chi connectivity index (χ1) is 14.6. The minimum Gasteiger partial charge on any atom is -0.356 e. The summed E-state index contributed by atoms with van der Waals surface area (Å²) in [6.45, 7) is 4.52. The van der Waals surface area contributed by atoms with E-state index in [2.05, 4.69) is 27.2 Å². The molecule has 1 aromatic rings. The van der Waals surface area contributed by atoms with Gasteiger partial charge in [-0.15, -0.1) is 0 Å². The summed E-state index contributed by atoms with van der Waals surface area (Å²) in [5, 5.41) is 3.25. The molecule has 162 valence electrons. The van der Waals surface area contributed by atoms with Crippen LogP contribution < -0.4 is 10.2 Å². The minimum absolute atomic E-state index is 0.108. The van der Waals surface area contributed by atoms with Gasteiger partial charge in [-0.25, -0.2) is 4.98 Å². The Hall–Kier alpha value is -2.11. The molecule has 1 saturated carbocycles. The van der Waals surface area contributed by atoms with Crippen molar-refractivity contribution in [3.63, 3.8) is 0 Å². The first-order valence-electron chi connectivity index (χ1n) is 11.9. The van der Waals surface area contributed by atoms with E-state index in [4.69, 9.17) is 4.98 Å². The van der Waals surface area contributed by atoms with Gasteiger partial charge >= 0.3 is 0 Å². The van der Waals surface area contributed by atoms with E-state index in [-0.39, 0.29) is 17.9 Å². The largest absolute Gasteiger partial charge is 0.356 e. The Morgan fingerprint density at radius 3 is 2.73 bits per heavy atom. The van der Waals surface area contributed by atoms with Crippen molar-refractivity contribution in [2.75, 3.05) is 24.5 Å². The molecule has 1 aliphatic carbocycles. The number of pyridine rings is 1. The van der Waals surface area contributed by atoms with Gasteiger partial charge in [0.1, 0.15) is 5.82 Å². The van der Waals surface area contributed by atoms with E-state index in [0.29, 0.717) is 36.8 Å². The highest BCUT2D eigenvalue weighted by atomic mass is 16.2. The van der Waals surface area contributed by atoms with E-state index in [1.165, 1.54) is 0 Å². The van der Waals surface area contributed by atoms with Crippen molar-refractivity contribution in [2.24, 2.45) is 17.8 Å². The number of rotatable bonds is 4. The van der Waals surface area contributed by atoms with Crippen LogP contribution in [0.4, 0.5) is 5.82 Å². The monoisotopic (exact) mass is 410 g/mol. The third-order valence-electron chi connectivity index (χ3n) is 7.91. The number of hydrogen-bond acceptors (Lipinski definition) is 4. The number of carbonyl (C=O) groups excluding carboxylic acids is 2. The summed E-state index contributed by atoms with van der Waals surface area (Å²) in [5.74, 6) is 2.60. The lowest BCUT2D eigenvalue weighted by molar-refractivity contribution is -0.149. The minimum atomic E-state index is 0.108. The van der Waals surface area contributed by atoms with E-state index in [1.54, 1.807) is 0 Å². The number of aryl methyl sites for hydroxylation is 1. The van der Waals surface area contributed by atoms with Crippen molar-refractivity contribution in [1.82, 2.24) is 15.2 Å². The van der Waals surface area contributed by atoms with Crippen molar-refractivity contribution in [2.45, 2.75) is 70.4 Å². The van der Waals surface area contributed by atoms with Gasteiger partial charge in [-0.3, -0.25) is 9.59 Å². The van der Waals surface area contributed by atoms with Gasteiger partial charge in [0.05, 0.1) is 6.04 Å². The van der Waals surface area contributed by atoms with E-state index in [1.807, 2.05) is 13.0 Å². The van der Waals surface area contributed by atoms with Crippen molar-refractivity contribution >= 4 is 17.6 Å². The normalized spacial score (nSPS) is 31.6. The molecule has 2 amide bonds. The molecule has 5 rings (SSSR count). The first kappa shape index (κ1) is 19.8. The maximum absolute atomic E-state index is 13.0. The van der Waals surface area contributed by atoms with Crippen molar-refractivity contribution < 1.29 is 9.59 Å². The lowest BCUT2D eigenvalue weighted by atomic mass is 9.72. The molecule has 30 heavy (non-hydrogen) atoms. The maximum atomic E-state index is 13.0. The fraction of sp³-hybridized carbons (Fsp3) is 0.708. The van der Waals surface area contributed by atoms with Crippen LogP contribution in [-0.2, 0) is 9.59 Å². The van der Waals surface area contributed by atoms with Gasteiger partial charge in [-0.2, -0.15) is 0 Å². The summed E-state index contributed by atoms with van der Waals surface area (Å²) in [4.78, 5) is 35.0. The zero-order valence-electron chi connectivity index (χ0n) is 18.1. The third kappa shape index (κ3) is 3.69. The van der Waals surface area contributed by atoms with Gasteiger partial charge < -0.3 is 15.1 Å². The Labute approximate surface area is 179 Å². The molecule has 4 aliphatic rings. The van der Waals surface area contributed by atoms with Crippen LogP contribution in [0.25, 0.3) is 0 Å². The van der Waals surface area contributed by atoms with Crippen LogP contribution in [-0.4, -0.2) is 53.4 Å². The van der Waals surface area contributed by atoms with E-state index < -0.39 is 0 Å². The van der Waals surface area contributed by atoms with E-state index >= 15 is 0 Å². The molecule has 0 aromatic carbocycles. The van der Waals surface area contributed by atoms with Gasteiger partial charge in [0.25, 0.3) is 0 Å². The number of anilines is 1. The fourth-order valence-corrected chi connectivity index (χ4v) is 6.47. The Balaban J connectivity index is 1.36. The van der Waals surface area contributed by atoms with Crippen LogP contribution in [0.2, 0.25) is 0 Å². The SMILES string of the molecule is Cc1cccc(N2C[C@H]3C[C@@H](C2)[C@H](CNC(=O)C2CCCC2)N2C(=O)CCC[C@@H]32)n1. The average Bonchev–Trinajstić information content (AvgIpc) is 3.29. The van der Waals surface area contributed by atoms with Crippen molar-refractivity contribution in [3.05, 3.63) is 23.9 Å². The molecule has 0 unspecified atom stereocenters. The Morgan fingerprint density at radius 1 is 1.13 bits per heavy atom. The number of nitrogens with zero attached hydrogens (tertiary/aromatic N) is 3. The quantitative estimate of drug-likeness (QED) is 0.829. The summed E-state index contributed by atoms with van der Waals surface area (Å²) in [7, 11) is 0. The van der Waals surface area contributed by atoms with Crippen LogP contribution in [0.1, 0.15) is 57.1 Å². The summed E-state index contributed by atoms with van der Waals surface area (Å²) in [5.41, 5.74) is 1.04. The van der Waals surface area contributed by atoms with E-state index in [0.717, 1.165) is 69.5 Å². The number of piperidine rings is 3. The second-order valence-corrected chi connectivity index (χ2v) is 9.85. The second kappa shape index (κ2) is 8.20.